The number of guanidine groups is 2. The second-order valence-electron chi connectivity index (χ2n) is 18.4. The van der Waals surface area contributed by atoms with Crippen molar-refractivity contribution >= 4 is 82.9 Å². The third-order valence-corrected chi connectivity index (χ3v) is 11.5. The molecule has 0 fully saturated rings. The average Bonchev–Trinajstić information content (AvgIpc) is 3.38. The molecule has 0 rings (SSSR count). The molecule has 0 bridgehead atoms. The molecule has 0 heterocycles. The molecule has 0 aromatic rings. The van der Waals surface area contributed by atoms with Crippen molar-refractivity contribution in [2.24, 2.45) is 55.9 Å². The number of carboxylic acid groups (broad SMARTS) is 2. The quantitative estimate of drug-likeness (QED) is 0.0153. The number of unbranched alkanes of at least 4 members (excludes halogenated alkanes) is 2. The standard InChI is InChI=1S/C45H83N19O17/c1-21(34(71)62-29(19-65)40(77)57-24(10-4-6-14-47)36(73)59-26(43(80)81)12-8-16-55-45(52)53)56-38(75)28(18-32(69)70)61-37(74)25(11-7-15-54-44(50)51)58-42(79)33(22(2)67)64-41(78)30(20-66)63-39(76)27(17-31(49)68)60-35(72)23(48)9-3-5-13-46/h21-30,33,65-67H,3-20,46-48H2,1-2H3,(H2,49,68)(H,56,75)(H,57,77)(H,58,79)(H,59,73)(H,60,72)(H,61,74)(H,62,71)(H,63,76)(H,64,78)(H,69,70)(H,80,81)(H4,50,51,54)(H4,52,53,55)/t21-,22+,23-,24-,25-,26-,27-,28-,29-,30-,33-/m0/s1. The summed E-state index contributed by atoms with van der Waals surface area (Å²) in [6.45, 7) is 0.305. The predicted octanol–water partition coefficient (Wildman–Crippen LogP) is -11.1. The maximum Gasteiger partial charge on any atom is 0.326 e. The SMILES string of the molecule is C[C@H](NC(=O)[C@H](CC(=O)O)NC(=O)[C@H](CCCN=C(N)N)NC(=O)[C@@H](NC(=O)[C@H](CO)NC(=O)[C@H](CC(N)=O)NC(=O)[C@@H](N)CCCCN)[C@@H](C)O)C(=O)N[C@@H](CO)C(=O)N[C@@H](CCCCN)C(=O)N[C@@H](CCCN=C(N)N)C(=O)O. The van der Waals surface area contributed by atoms with E-state index in [0.29, 0.717) is 25.8 Å². The van der Waals surface area contributed by atoms with Gasteiger partial charge in [0.25, 0.3) is 0 Å². The Hall–Kier alpha value is -8.06. The van der Waals surface area contributed by atoms with Crippen molar-refractivity contribution in [2.75, 3.05) is 39.4 Å². The lowest BCUT2D eigenvalue weighted by Crippen LogP contribution is -2.62. The highest BCUT2D eigenvalue weighted by Crippen LogP contribution is 2.08. The fourth-order valence-corrected chi connectivity index (χ4v) is 7.08. The lowest BCUT2D eigenvalue weighted by molar-refractivity contribution is -0.143. The van der Waals surface area contributed by atoms with Crippen LogP contribution < -0.4 is 93.7 Å². The molecule has 0 aromatic carbocycles. The van der Waals surface area contributed by atoms with Crippen LogP contribution >= 0.6 is 0 Å². The van der Waals surface area contributed by atoms with Gasteiger partial charge in [-0.05, 0) is 84.7 Å². The lowest BCUT2D eigenvalue weighted by atomic mass is 10.1. The Labute approximate surface area is 465 Å². The van der Waals surface area contributed by atoms with Crippen molar-refractivity contribution in [3.63, 3.8) is 0 Å². The van der Waals surface area contributed by atoms with E-state index in [1.807, 2.05) is 0 Å². The van der Waals surface area contributed by atoms with Gasteiger partial charge in [0.05, 0.1) is 38.2 Å². The van der Waals surface area contributed by atoms with Crippen molar-refractivity contribution in [1.82, 2.24) is 47.9 Å². The van der Waals surface area contributed by atoms with Crippen LogP contribution in [0.1, 0.15) is 90.9 Å². The van der Waals surface area contributed by atoms with Gasteiger partial charge < -0.3 is 119 Å². The first-order valence-electron chi connectivity index (χ1n) is 25.7. The number of nitrogens with two attached hydrogens (primary N) is 8. The Morgan fingerprint density at radius 3 is 1.26 bits per heavy atom. The predicted molar refractivity (Wildman–Crippen MR) is 286 cm³/mol. The fraction of sp³-hybridized carbons (Fsp3) is 0.689. The van der Waals surface area contributed by atoms with E-state index in [9.17, 15) is 83.1 Å². The lowest BCUT2D eigenvalue weighted by Gasteiger charge is -2.28. The molecule has 0 spiro atoms. The van der Waals surface area contributed by atoms with Crippen molar-refractivity contribution in [3.8, 4) is 0 Å². The highest BCUT2D eigenvalue weighted by molar-refractivity contribution is 5.99. The van der Waals surface area contributed by atoms with Crippen LogP contribution in [-0.2, 0) is 57.5 Å². The van der Waals surface area contributed by atoms with Crippen LogP contribution in [0.2, 0.25) is 0 Å². The fourth-order valence-electron chi connectivity index (χ4n) is 7.08. The first-order valence-corrected chi connectivity index (χ1v) is 25.7. The normalized spacial score (nSPS) is 15.0. The number of primary amides is 1. The van der Waals surface area contributed by atoms with Crippen molar-refractivity contribution in [2.45, 2.75) is 157 Å². The van der Waals surface area contributed by atoms with E-state index in [4.69, 9.17) is 45.9 Å². The van der Waals surface area contributed by atoms with Gasteiger partial charge in [0.1, 0.15) is 54.4 Å². The number of carbonyl (C=O) groups excluding carboxylic acids is 10. The van der Waals surface area contributed by atoms with Crippen LogP contribution in [0.15, 0.2) is 9.98 Å². The first-order chi connectivity index (χ1) is 38.0. The van der Waals surface area contributed by atoms with Gasteiger partial charge >= 0.3 is 11.9 Å². The molecule has 36 nitrogen and oxygen atoms in total. The highest BCUT2D eigenvalue weighted by Gasteiger charge is 2.36. The minimum absolute atomic E-state index is 0.0511. The van der Waals surface area contributed by atoms with Crippen LogP contribution in [0.5, 0.6) is 0 Å². The Balaban J connectivity index is 6.40. The van der Waals surface area contributed by atoms with Gasteiger partial charge in [0.2, 0.25) is 59.1 Å². The number of rotatable bonds is 42. The highest BCUT2D eigenvalue weighted by atomic mass is 16.4. The molecule has 10 amide bonds. The van der Waals surface area contributed by atoms with Gasteiger partial charge in [-0.25, -0.2) is 4.79 Å². The Morgan fingerprint density at radius 2 is 0.802 bits per heavy atom. The van der Waals surface area contributed by atoms with E-state index >= 15 is 0 Å². The maximum absolute atomic E-state index is 13.9. The van der Waals surface area contributed by atoms with Gasteiger partial charge in [-0.1, -0.05) is 6.42 Å². The van der Waals surface area contributed by atoms with Crippen LogP contribution in [0.3, 0.4) is 0 Å². The van der Waals surface area contributed by atoms with E-state index in [0.717, 1.165) is 13.8 Å². The number of aliphatic imine (C=N–C) groups is 2. The van der Waals surface area contributed by atoms with Crippen LogP contribution in [0.4, 0.5) is 0 Å². The monoisotopic (exact) mass is 1160 g/mol. The number of hydrogen-bond acceptors (Lipinski definition) is 20. The first kappa shape index (κ1) is 72.9. The summed E-state index contributed by atoms with van der Waals surface area (Å²) >= 11 is 0. The van der Waals surface area contributed by atoms with Gasteiger partial charge in [0, 0.05) is 13.1 Å². The smallest absolute Gasteiger partial charge is 0.326 e. The molecule has 81 heavy (non-hydrogen) atoms. The summed E-state index contributed by atoms with van der Waals surface area (Å²) in [5, 5.41) is 70.1. The molecular formula is C45H83N19O17. The molecule has 0 unspecified atom stereocenters. The molecule has 0 saturated heterocycles. The summed E-state index contributed by atoms with van der Waals surface area (Å²) in [7, 11) is 0. The molecule has 460 valence electrons. The number of aliphatic carboxylic acids is 2. The van der Waals surface area contributed by atoms with Crippen LogP contribution in [0, 0.1) is 0 Å². The van der Waals surface area contributed by atoms with Gasteiger partial charge in [0.15, 0.2) is 11.9 Å². The van der Waals surface area contributed by atoms with Crippen molar-refractivity contribution in [3.05, 3.63) is 0 Å². The molecule has 0 saturated carbocycles. The molecule has 11 atom stereocenters. The van der Waals surface area contributed by atoms with Crippen molar-refractivity contribution in [1.29, 1.82) is 0 Å². The van der Waals surface area contributed by atoms with E-state index in [1.54, 1.807) is 0 Å². The van der Waals surface area contributed by atoms with E-state index in [-0.39, 0.29) is 76.5 Å². The molecule has 0 aliphatic heterocycles. The Kier molecular flexibility index (Phi) is 35.4. The zero-order valence-electron chi connectivity index (χ0n) is 45.2. The molecule has 0 aromatic heterocycles. The van der Waals surface area contributed by atoms with Crippen LogP contribution in [-0.4, -0.2) is 214 Å². The van der Waals surface area contributed by atoms with Crippen LogP contribution in [0.25, 0.3) is 0 Å². The Bertz CT molecular complexity index is 2180. The van der Waals surface area contributed by atoms with Gasteiger partial charge in [-0.3, -0.25) is 62.7 Å². The number of aliphatic hydroxyl groups excluding tert-OH is 3. The average molecular weight is 1160 g/mol. The zero-order valence-corrected chi connectivity index (χ0v) is 45.2. The third-order valence-electron chi connectivity index (χ3n) is 11.5. The molecular weight excluding hydrogens is 1080 g/mol. The minimum Gasteiger partial charge on any atom is -0.481 e. The topological polar surface area (TPSA) is 647 Å². The number of nitrogens with one attached hydrogen (secondary N) is 9. The number of nitrogens with zero attached hydrogens (tertiary/aromatic N) is 2. The van der Waals surface area contributed by atoms with Gasteiger partial charge in [-0.2, -0.15) is 0 Å². The second kappa shape index (κ2) is 39.3. The van der Waals surface area contributed by atoms with Crippen molar-refractivity contribution < 1.29 is 83.1 Å². The number of hydrogen-bond donors (Lipinski definition) is 22. The second-order valence-corrected chi connectivity index (χ2v) is 18.4. The maximum atomic E-state index is 13.9. The number of carbonyl (C=O) groups is 12. The molecule has 36 heteroatoms. The van der Waals surface area contributed by atoms with E-state index in [2.05, 4.69) is 57.8 Å². The summed E-state index contributed by atoms with van der Waals surface area (Å²) in [4.78, 5) is 164. The van der Waals surface area contributed by atoms with E-state index in [1.165, 1.54) is 0 Å². The molecule has 0 aliphatic carbocycles. The summed E-state index contributed by atoms with van der Waals surface area (Å²) in [6, 6.07) is -16.7. The van der Waals surface area contributed by atoms with Gasteiger partial charge in [-0.15, -0.1) is 0 Å². The summed E-state index contributed by atoms with van der Waals surface area (Å²) in [6.07, 6.45) is -2.37. The molecule has 0 aliphatic rings. The third kappa shape index (κ3) is 30.2. The number of amides is 10. The number of aliphatic hydroxyl groups is 3. The number of carboxylic acids is 2. The molecule has 0 radical (unpaired) electrons. The molecule has 30 N–H and O–H groups in total. The zero-order chi connectivity index (χ0) is 61.9. The summed E-state index contributed by atoms with van der Waals surface area (Å²) < 4.78 is 0. The summed E-state index contributed by atoms with van der Waals surface area (Å²) in [5.74, 6) is -15.1. The Morgan fingerprint density at radius 1 is 0.432 bits per heavy atom. The minimum atomic E-state index is -2.01. The largest absolute Gasteiger partial charge is 0.481 e. The summed E-state index contributed by atoms with van der Waals surface area (Å²) in [5.41, 5.74) is 43.5. The van der Waals surface area contributed by atoms with E-state index < -0.39 is 164 Å².